The molecule has 1 rings (SSSR count). The molecule has 15 heavy (non-hydrogen) atoms. The molecule has 0 fully saturated rings. The molecule has 0 spiro atoms. The Morgan fingerprint density at radius 3 is 2.87 bits per heavy atom. The third-order valence-corrected chi connectivity index (χ3v) is 1.79. The molecule has 0 saturated carbocycles. The molecule has 0 saturated heterocycles. The largest absolute Gasteiger partial charge is 0.481 e. The fourth-order valence-electron chi connectivity index (χ4n) is 1.15. The lowest BCUT2D eigenvalue weighted by atomic mass is 10.1. The highest BCUT2D eigenvalue weighted by Crippen LogP contribution is 2.17. The number of terminal acetylenes is 1. The normalized spacial score (nSPS) is 9.40. The fraction of sp³-hybridized carbons (Fsp3) is 0.250. The van der Waals surface area contributed by atoms with Crippen molar-refractivity contribution in [1.82, 2.24) is 0 Å². The van der Waals surface area contributed by atoms with Gasteiger partial charge >= 0.3 is 0 Å². The molecule has 1 aromatic carbocycles. The van der Waals surface area contributed by atoms with Crippen LogP contribution in [0, 0.1) is 18.2 Å². The first kappa shape index (κ1) is 11.3. The van der Waals surface area contributed by atoms with E-state index in [4.69, 9.17) is 11.2 Å². The van der Waals surface area contributed by atoms with Crippen LogP contribution < -0.4 is 4.74 Å². The number of benzene rings is 1. The van der Waals surface area contributed by atoms with Crippen LogP contribution in [0.15, 0.2) is 18.2 Å². The van der Waals surface area contributed by atoms with E-state index in [1.807, 2.05) is 0 Å². The molecule has 1 aromatic rings. The van der Waals surface area contributed by atoms with Gasteiger partial charge in [0.2, 0.25) is 0 Å². The second-order valence-electron chi connectivity index (χ2n) is 3.12. The minimum absolute atomic E-state index is 0.0776. The van der Waals surface area contributed by atoms with E-state index in [-0.39, 0.29) is 18.8 Å². The summed E-state index contributed by atoms with van der Waals surface area (Å²) in [6.45, 7) is 1.52. The van der Waals surface area contributed by atoms with E-state index < -0.39 is 5.82 Å². The Morgan fingerprint density at radius 1 is 1.60 bits per heavy atom. The van der Waals surface area contributed by atoms with E-state index in [0.29, 0.717) is 11.3 Å². The number of halogens is 1. The average Bonchev–Trinajstić information content (AvgIpc) is 2.18. The molecule has 0 aromatic heterocycles. The third-order valence-electron chi connectivity index (χ3n) is 1.79. The second kappa shape index (κ2) is 5.16. The van der Waals surface area contributed by atoms with E-state index in [9.17, 15) is 9.18 Å². The minimum atomic E-state index is -0.445. The van der Waals surface area contributed by atoms with Crippen LogP contribution in [0.25, 0.3) is 0 Å². The van der Waals surface area contributed by atoms with Crippen LogP contribution in [0.4, 0.5) is 4.39 Å². The average molecular weight is 206 g/mol. The number of carbonyl (C=O) groups is 1. The predicted molar refractivity (Wildman–Crippen MR) is 55.1 cm³/mol. The monoisotopic (exact) mass is 206 g/mol. The highest BCUT2D eigenvalue weighted by Gasteiger charge is 2.06. The van der Waals surface area contributed by atoms with Crippen molar-refractivity contribution in [2.75, 3.05) is 6.61 Å². The molecule has 0 atom stereocenters. The zero-order chi connectivity index (χ0) is 11.3. The summed E-state index contributed by atoms with van der Waals surface area (Å²) in [5.41, 5.74) is 0.371. The van der Waals surface area contributed by atoms with E-state index >= 15 is 0 Å². The first-order valence-electron chi connectivity index (χ1n) is 4.47. The highest BCUT2D eigenvalue weighted by atomic mass is 19.1. The predicted octanol–water partition coefficient (Wildman–Crippen LogP) is 1.97. The summed E-state index contributed by atoms with van der Waals surface area (Å²) in [4.78, 5) is 10.8. The first-order chi connectivity index (χ1) is 7.13. The van der Waals surface area contributed by atoms with Crippen LogP contribution >= 0.6 is 0 Å². The van der Waals surface area contributed by atoms with Crippen molar-refractivity contribution in [2.45, 2.75) is 13.3 Å². The van der Waals surface area contributed by atoms with E-state index in [0.717, 1.165) is 0 Å². The number of Topliss-reactive ketones (excluding diaryl/α,β-unsaturated/α-hetero) is 1. The van der Waals surface area contributed by atoms with Crippen LogP contribution in [-0.2, 0) is 11.2 Å². The summed E-state index contributed by atoms with van der Waals surface area (Å²) < 4.78 is 18.4. The molecule has 0 aliphatic rings. The molecule has 0 N–H and O–H groups in total. The molecular formula is C12H11FO2. The smallest absolute Gasteiger partial charge is 0.148 e. The van der Waals surface area contributed by atoms with Gasteiger partial charge in [-0.25, -0.2) is 4.39 Å². The second-order valence-corrected chi connectivity index (χ2v) is 3.12. The summed E-state index contributed by atoms with van der Waals surface area (Å²) in [6, 6.07) is 4.36. The molecule has 3 heteroatoms. The van der Waals surface area contributed by atoms with Crippen molar-refractivity contribution in [3.8, 4) is 18.1 Å². The third kappa shape index (κ3) is 3.43. The maximum absolute atomic E-state index is 13.4. The van der Waals surface area contributed by atoms with Gasteiger partial charge in [-0.05, 0) is 18.6 Å². The van der Waals surface area contributed by atoms with Gasteiger partial charge in [0, 0.05) is 12.5 Å². The van der Waals surface area contributed by atoms with E-state index in [1.54, 1.807) is 6.07 Å². The van der Waals surface area contributed by atoms with Gasteiger partial charge in [-0.1, -0.05) is 12.0 Å². The Balaban J connectivity index is 2.79. The van der Waals surface area contributed by atoms with Crippen LogP contribution in [0.3, 0.4) is 0 Å². The van der Waals surface area contributed by atoms with E-state index in [1.165, 1.54) is 19.1 Å². The van der Waals surface area contributed by atoms with Crippen molar-refractivity contribution >= 4 is 5.78 Å². The molecule has 0 bridgehead atoms. The lowest BCUT2D eigenvalue weighted by Gasteiger charge is -2.05. The van der Waals surface area contributed by atoms with Crippen LogP contribution in [-0.4, -0.2) is 12.4 Å². The van der Waals surface area contributed by atoms with Gasteiger partial charge in [0.05, 0.1) is 0 Å². The summed E-state index contributed by atoms with van der Waals surface area (Å²) in [7, 11) is 0. The molecule has 0 unspecified atom stereocenters. The number of hydrogen-bond acceptors (Lipinski definition) is 2. The summed E-state index contributed by atoms with van der Waals surface area (Å²) in [6.07, 6.45) is 5.10. The quantitative estimate of drug-likeness (QED) is 0.704. The van der Waals surface area contributed by atoms with Gasteiger partial charge < -0.3 is 4.74 Å². The Kier molecular flexibility index (Phi) is 3.87. The molecule has 0 aliphatic carbocycles. The fourth-order valence-corrected chi connectivity index (χ4v) is 1.15. The Labute approximate surface area is 88.1 Å². The van der Waals surface area contributed by atoms with Crippen molar-refractivity contribution in [2.24, 2.45) is 0 Å². The van der Waals surface area contributed by atoms with Gasteiger partial charge in [0.1, 0.15) is 24.0 Å². The topological polar surface area (TPSA) is 26.3 Å². The number of hydrogen-bond donors (Lipinski definition) is 0. The van der Waals surface area contributed by atoms with Gasteiger partial charge in [0.15, 0.2) is 0 Å². The number of carbonyl (C=O) groups excluding carboxylic acids is 1. The van der Waals surface area contributed by atoms with Gasteiger partial charge in [-0.2, -0.15) is 0 Å². The molecule has 0 radical (unpaired) electrons. The standard InChI is InChI=1S/C12H11FO2/c1-3-6-15-11-5-4-10(7-9(2)14)12(13)8-11/h1,4-5,8H,6-7H2,2H3. The van der Waals surface area contributed by atoms with Crippen molar-refractivity contribution < 1.29 is 13.9 Å². The minimum Gasteiger partial charge on any atom is -0.481 e. The maximum atomic E-state index is 13.4. The van der Waals surface area contributed by atoms with Crippen molar-refractivity contribution in [3.05, 3.63) is 29.6 Å². The van der Waals surface area contributed by atoms with Crippen molar-refractivity contribution in [3.63, 3.8) is 0 Å². The number of ketones is 1. The summed E-state index contributed by atoms with van der Waals surface area (Å²) in [5, 5.41) is 0. The molecular weight excluding hydrogens is 195 g/mol. The Hall–Kier alpha value is -1.82. The summed E-state index contributed by atoms with van der Waals surface area (Å²) >= 11 is 0. The molecule has 0 aliphatic heterocycles. The lowest BCUT2D eigenvalue weighted by Crippen LogP contribution is -2.00. The van der Waals surface area contributed by atoms with Crippen LogP contribution in [0.2, 0.25) is 0 Å². The zero-order valence-electron chi connectivity index (χ0n) is 8.42. The Morgan fingerprint density at radius 2 is 2.33 bits per heavy atom. The first-order valence-corrected chi connectivity index (χ1v) is 4.47. The SMILES string of the molecule is C#CCOc1ccc(CC(C)=O)c(F)c1. The van der Waals surface area contributed by atoms with Crippen molar-refractivity contribution in [1.29, 1.82) is 0 Å². The summed E-state index contributed by atoms with van der Waals surface area (Å²) in [5.74, 6) is 2.13. The zero-order valence-corrected chi connectivity index (χ0v) is 8.42. The lowest BCUT2D eigenvalue weighted by molar-refractivity contribution is -0.116. The Bertz CT molecular complexity index is 405. The maximum Gasteiger partial charge on any atom is 0.148 e. The van der Waals surface area contributed by atoms with Gasteiger partial charge in [-0.15, -0.1) is 6.42 Å². The molecule has 0 heterocycles. The van der Waals surface area contributed by atoms with Crippen LogP contribution in [0.5, 0.6) is 5.75 Å². The molecule has 78 valence electrons. The molecule has 2 nitrogen and oxygen atoms in total. The highest BCUT2D eigenvalue weighted by molar-refractivity contribution is 5.78. The molecule has 0 amide bonds. The van der Waals surface area contributed by atoms with E-state index in [2.05, 4.69) is 5.92 Å². The van der Waals surface area contributed by atoms with Gasteiger partial charge in [-0.3, -0.25) is 4.79 Å². The number of ether oxygens (including phenoxy) is 1. The van der Waals surface area contributed by atoms with Crippen LogP contribution in [0.1, 0.15) is 12.5 Å². The van der Waals surface area contributed by atoms with Gasteiger partial charge in [0.25, 0.3) is 0 Å². The number of rotatable bonds is 4.